The molecule has 192 valence electrons. The van der Waals surface area contributed by atoms with Crippen molar-refractivity contribution < 1.29 is 30.5 Å². The number of fused-ring (bicyclic) bond motifs is 1. The molecule has 0 bridgehead atoms. The Bertz CT molecular complexity index is 1560. The summed E-state index contributed by atoms with van der Waals surface area (Å²) in [7, 11) is -7.19. The van der Waals surface area contributed by atoms with Gasteiger partial charge in [-0.1, -0.05) is 5.16 Å². The lowest BCUT2D eigenvalue weighted by atomic mass is 10.00. The Labute approximate surface area is 208 Å². The molecule has 0 atom stereocenters. The number of furan rings is 1. The number of sulfonamides is 1. The molecule has 2 heterocycles. The Balaban J connectivity index is 1.74. The predicted molar refractivity (Wildman–Crippen MR) is 136 cm³/mol. The van der Waals surface area contributed by atoms with Crippen molar-refractivity contribution in [1.29, 1.82) is 0 Å². The average Bonchev–Trinajstić information content (AvgIpc) is 3.58. The van der Waals surface area contributed by atoms with E-state index in [0.29, 0.717) is 52.5 Å². The number of hydrogen-bond donors (Lipinski definition) is 1. The van der Waals surface area contributed by atoms with Gasteiger partial charge >= 0.3 is 0 Å². The molecule has 1 fully saturated rings. The van der Waals surface area contributed by atoms with Crippen LogP contribution in [0.4, 0.5) is 10.1 Å². The molecule has 36 heavy (non-hydrogen) atoms. The highest BCUT2D eigenvalue weighted by atomic mass is 32.2. The zero-order valence-electron chi connectivity index (χ0n) is 19.8. The molecule has 1 aromatic heterocycles. The first-order chi connectivity index (χ1) is 17.0. The van der Waals surface area contributed by atoms with E-state index >= 15 is 0 Å². The highest BCUT2D eigenvalue weighted by Crippen LogP contribution is 2.48. The number of oxime groups is 1. The fourth-order valence-corrected chi connectivity index (χ4v) is 5.90. The van der Waals surface area contributed by atoms with E-state index in [1.807, 2.05) is 6.07 Å². The molecule has 5 rings (SSSR count). The SMILES string of the molecule is CS(=O)(=O)CCN(c1cc2oc(-c3ccc(F)cc3)c(C3=NOCCN3)c2cc1C1CC1)S(C)(=O)=O. The fraction of sp³-hybridized carbons (Fsp3) is 0.375. The summed E-state index contributed by atoms with van der Waals surface area (Å²) in [5.41, 5.74) is 2.84. The molecule has 0 amide bonds. The number of nitrogens with zero attached hydrogens (tertiary/aromatic N) is 2. The maximum atomic E-state index is 13.6. The van der Waals surface area contributed by atoms with Crippen molar-refractivity contribution in [3.8, 4) is 11.3 Å². The molecule has 3 aromatic rings. The maximum Gasteiger partial charge on any atom is 0.232 e. The molecule has 2 aromatic carbocycles. The van der Waals surface area contributed by atoms with E-state index < -0.39 is 19.9 Å². The normalized spacial score (nSPS) is 16.4. The molecule has 0 saturated heterocycles. The minimum absolute atomic E-state index is 0.140. The lowest BCUT2D eigenvalue weighted by Crippen LogP contribution is -2.35. The van der Waals surface area contributed by atoms with E-state index in [4.69, 9.17) is 9.25 Å². The van der Waals surface area contributed by atoms with Gasteiger partial charge in [0.15, 0.2) is 5.84 Å². The fourth-order valence-electron chi connectivity index (χ4n) is 4.33. The van der Waals surface area contributed by atoms with E-state index in [1.165, 1.54) is 12.1 Å². The standard InChI is InChI=1S/C24H26FN3O6S2/c1-35(29,30)12-10-28(36(2,31)32)20-14-21-19(13-18(20)15-3-4-15)22(24-26-9-11-33-27-24)23(34-21)16-5-7-17(25)8-6-16/h5-8,13-15H,3-4,9-12H2,1-2H3,(H,26,27). The highest BCUT2D eigenvalue weighted by Gasteiger charge is 2.33. The first kappa shape index (κ1) is 24.6. The Morgan fingerprint density at radius 2 is 1.83 bits per heavy atom. The van der Waals surface area contributed by atoms with Crippen LogP contribution in [0.5, 0.6) is 0 Å². The van der Waals surface area contributed by atoms with Gasteiger partial charge in [0, 0.05) is 29.8 Å². The van der Waals surface area contributed by atoms with Gasteiger partial charge in [0.1, 0.15) is 33.6 Å². The zero-order chi connectivity index (χ0) is 25.7. The Morgan fingerprint density at radius 1 is 1.11 bits per heavy atom. The van der Waals surface area contributed by atoms with Gasteiger partial charge in [-0.2, -0.15) is 0 Å². The van der Waals surface area contributed by atoms with Crippen molar-refractivity contribution in [2.24, 2.45) is 5.16 Å². The van der Waals surface area contributed by atoms with Gasteiger partial charge in [-0.05, 0) is 54.7 Å². The molecule has 2 aliphatic rings. The van der Waals surface area contributed by atoms with Crippen LogP contribution in [0.3, 0.4) is 0 Å². The molecule has 0 radical (unpaired) electrons. The molecular formula is C24H26FN3O6S2. The van der Waals surface area contributed by atoms with Gasteiger partial charge in [0.25, 0.3) is 0 Å². The number of halogens is 1. The average molecular weight is 536 g/mol. The minimum Gasteiger partial charge on any atom is -0.455 e. The van der Waals surface area contributed by atoms with E-state index in [2.05, 4.69) is 10.5 Å². The van der Waals surface area contributed by atoms with Gasteiger partial charge in [-0.3, -0.25) is 4.31 Å². The molecule has 0 spiro atoms. The quantitative estimate of drug-likeness (QED) is 0.471. The summed E-state index contributed by atoms with van der Waals surface area (Å²) in [5.74, 6) is 0.334. The third kappa shape index (κ3) is 5.05. The number of amidine groups is 1. The lowest BCUT2D eigenvalue weighted by molar-refractivity contribution is 0.136. The number of anilines is 1. The van der Waals surface area contributed by atoms with Crippen LogP contribution in [0.2, 0.25) is 0 Å². The van der Waals surface area contributed by atoms with Gasteiger partial charge < -0.3 is 14.6 Å². The van der Waals surface area contributed by atoms with Crippen LogP contribution in [-0.4, -0.2) is 60.6 Å². The van der Waals surface area contributed by atoms with Crippen molar-refractivity contribution in [1.82, 2.24) is 5.32 Å². The third-order valence-corrected chi connectivity index (χ3v) is 8.28. The molecule has 1 N–H and O–H groups in total. The van der Waals surface area contributed by atoms with Crippen LogP contribution in [-0.2, 0) is 24.7 Å². The molecule has 12 heteroatoms. The molecule has 9 nitrogen and oxygen atoms in total. The highest BCUT2D eigenvalue weighted by molar-refractivity contribution is 7.92. The number of hydrogen-bond acceptors (Lipinski definition) is 8. The summed E-state index contributed by atoms with van der Waals surface area (Å²) in [4.78, 5) is 5.30. The van der Waals surface area contributed by atoms with Gasteiger partial charge in [0.05, 0.1) is 29.8 Å². The van der Waals surface area contributed by atoms with Crippen LogP contribution in [0.15, 0.2) is 46.0 Å². The number of sulfone groups is 1. The molecular weight excluding hydrogens is 509 g/mol. The lowest BCUT2D eigenvalue weighted by Gasteiger charge is -2.25. The Morgan fingerprint density at radius 3 is 2.42 bits per heavy atom. The smallest absolute Gasteiger partial charge is 0.232 e. The second-order valence-corrected chi connectivity index (χ2v) is 13.3. The number of benzene rings is 2. The largest absolute Gasteiger partial charge is 0.455 e. The van der Waals surface area contributed by atoms with E-state index in [1.54, 1.807) is 18.2 Å². The first-order valence-corrected chi connectivity index (χ1v) is 15.4. The molecule has 0 unspecified atom stereocenters. The second kappa shape index (κ2) is 9.07. The van der Waals surface area contributed by atoms with Crippen molar-refractivity contribution >= 4 is 42.4 Å². The third-order valence-electron chi connectivity index (χ3n) is 6.17. The summed E-state index contributed by atoms with van der Waals surface area (Å²) in [5, 5.41) is 8.09. The van der Waals surface area contributed by atoms with Crippen LogP contribution in [0, 0.1) is 5.82 Å². The second-order valence-electron chi connectivity index (χ2n) is 9.16. The topological polar surface area (TPSA) is 118 Å². The van der Waals surface area contributed by atoms with Crippen LogP contribution < -0.4 is 9.62 Å². The summed E-state index contributed by atoms with van der Waals surface area (Å²) >= 11 is 0. The summed E-state index contributed by atoms with van der Waals surface area (Å²) < 4.78 is 70.2. The Kier molecular flexibility index (Phi) is 6.19. The predicted octanol–water partition coefficient (Wildman–Crippen LogP) is 3.21. The maximum absolute atomic E-state index is 13.6. The van der Waals surface area contributed by atoms with Crippen LogP contribution >= 0.6 is 0 Å². The summed E-state index contributed by atoms with van der Waals surface area (Å²) in [6.45, 7) is 0.741. The molecule has 1 aliphatic carbocycles. The Hall–Kier alpha value is -3.12. The van der Waals surface area contributed by atoms with Crippen molar-refractivity contribution in [3.63, 3.8) is 0 Å². The summed E-state index contributed by atoms with van der Waals surface area (Å²) in [6.07, 6.45) is 3.92. The van der Waals surface area contributed by atoms with E-state index in [0.717, 1.165) is 35.2 Å². The number of rotatable bonds is 8. The minimum atomic E-state index is -3.79. The van der Waals surface area contributed by atoms with E-state index in [-0.39, 0.29) is 24.0 Å². The van der Waals surface area contributed by atoms with Gasteiger partial charge in [0.2, 0.25) is 10.0 Å². The van der Waals surface area contributed by atoms with Crippen molar-refractivity contribution in [2.75, 3.05) is 42.3 Å². The molecule has 1 saturated carbocycles. The number of nitrogens with one attached hydrogen (secondary N) is 1. The van der Waals surface area contributed by atoms with E-state index in [9.17, 15) is 21.2 Å². The monoisotopic (exact) mass is 535 g/mol. The van der Waals surface area contributed by atoms with Crippen molar-refractivity contribution in [3.05, 3.63) is 53.3 Å². The van der Waals surface area contributed by atoms with Crippen LogP contribution in [0.1, 0.15) is 29.9 Å². The van der Waals surface area contributed by atoms with Crippen molar-refractivity contribution in [2.45, 2.75) is 18.8 Å². The van der Waals surface area contributed by atoms with Crippen LogP contribution in [0.25, 0.3) is 22.3 Å². The van der Waals surface area contributed by atoms with Gasteiger partial charge in [-0.15, -0.1) is 0 Å². The van der Waals surface area contributed by atoms with Gasteiger partial charge in [-0.25, -0.2) is 21.2 Å². The summed E-state index contributed by atoms with van der Waals surface area (Å²) in [6, 6.07) is 9.39. The molecule has 1 aliphatic heterocycles. The first-order valence-electron chi connectivity index (χ1n) is 11.5. The zero-order valence-corrected chi connectivity index (χ0v) is 21.5.